The van der Waals surface area contributed by atoms with Gasteiger partial charge in [-0.3, -0.25) is 14.2 Å². The topological polar surface area (TPSA) is 145 Å². The normalized spacial score (nSPS) is 11.0. The number of nitrogens with one attached hydrogen (secondary N) is 2. The molecule has 0 spiro atoms. The Morgan fingerprint density at radius 3 is 2.33 bits per heavy atom. The first kappa shape index (κ1) is 24.5. The molecular weight excluding hydrogens is 484 g/mol. The Morgan fingerprint density at radius 2 is 1.69 bits per heavy atom. The first-order valence-electron chi connectivity index (χ1n) is 10.8. The van der Waals surface area contributed by atoms with E-state index in [1.165, 1.54) is 53.6 Å². The van der Waals surface area contributed by atoms with Crippen LogP contribution in [0.3, 0.4) is 0 Å². The summed E-state index contributed by atoms with van der Waals surface area (Å²) in [6, 6.07) is 15.7. The fourth-order valence-corrected chi connectivity index (χ4v) is 4.15. The van der Waals surface area contributed by atoms with Crippen molar-refractivity contribution >= 4 is 27.6 Å². The molecule has 2 aromatic heterocycles. The Kier molecular flexibility index (Phi) is 7.35. The molecule has 0 saturated carbocycles. The van der Waals surface area contributed by atoms with Gasteiger partial charge in [-0.25, -0.2) is 28.1 Å². The van der Waals surface area contributed by atoms with Crippen LogP contribution >= 0.6 is 0 Å². The zero-order chi connectivity index (χ0) is 25.5. The van der Waals surface area contributed by atoms with Crippen molar-refractivity contribution in [1.82, 2.24) is 19.5 Å². The van der Waals surface area contributed by atoms with Crippen LogP contribution in [0.1, 0.15) is 6.92 Å². The molecule has 0 radical (unpaired) electrons. The van der Waals surface area contributed by atoms with E-state index < -0.39 is 15.9 Å². The second-order valence-corrected chi connectivity index (χ2v) is 9.13. The predicted octanol–water partition coefficient (Wildman–Crippen LogP) is 2.54. The maximum absolute atomic E-state index is 12.5. The molecule has 0 saturated heterocycles. The summed E-state index contributed by atoms with van der Waals surface area (Å²) in [4.78, 5) is 36.9. The summed E-state index contributed by atoms with van der Waals surface area (Å²) in [5.74, 6) is 0.194. The highest BCUT2D eigenvalue weighted by Crippen LogP contribution is 2.20. The van der Waals surface area contributed by atoms with Crippen LogP contribution in [0.15, 0.2) is 89.1 Å². The number of amides is 1. The molecule has 0 unspecified atom stereocenters. The molecule has 0 atom stereocenters. The Bertz CT molecular complexity index is 1510. The quantitative estimate of drug-likeness (QED) is 0.352. The lowest BCUT2D eigenvalue weighted by Crippen LogP contribution is -2.27. The Hall–Kier alpha value is -4.58. The molecule has 0 bridgehead atoms. The van der Waals surface area contributed by atoms with Gasteiger partial charge < -0.3 is 10.1 Å². The van der Waals surface area contributed by atoms with Crippen LogP contribution in [0.4, 0.5) is 11.6 Å². The lowest BCUT2D eigenvalue weighted by atomic mass is 10.1. The maximum atomic E-state index is 12.5. The number of hydrogen-bond acceptors (Lipinski definition) is 8. The number of carbonyl (C=O) groups is 1. The van der Waals surface area contributed by atoms with Gasteiger partial charge in [0.15, 0.2) is 0 Å². The van der Waals surface area contributed by atoms with Crippen molar-refractivity contribution in [2.24, 2.45) is 0 Å². The summed E-state index contributed by atoms with van der Waals surface area (Å²) in [6.07, 6.45) is 4.14. The number of anilines is 2. The minimum Gasteiger partial charge on any atom is -0.494 e. The molecule has 36 heavy (non-hydrogen) atoms. The van der Waals surface area contributed by atoms with Crippen molar-refractivity contribution < 1.29 is 17.9 Å². The molecule has 4 rings (SSSR count). The second-order valence-electron chi connectivity index (χ2n) is 7.45. The molecule has 4 aromatic rings. The van der Waals surface area contributed by atoms with Crippen LogP contribution < -0.4 is 20.3 Å². The molecule has 2 aromatic carbocycles. The number of aromatic nitrogens is 4. The highest BCUT2D eigenvalue weighted by molar-refractivity contribution is 7.92. The zero-order valence-corrected chi connectivity index (χ0v) is 20.0. The average Bonchev–Trinajstić information content (AvgIpc) is 2.87. The van der Waals surface area contributed by atoms with Gasteiger partial charge in [-0.05, 0) is 61.5 Å². The summed E-state index contributed by atoms with van der Waals surface area (Å²) in [5, 5.41) is 2.63. The summed E-state index contributed by atoms with van der Waals surface area (Å²) >= 11 is 0. The van der Waals surface area contributed by atoms with Crippen molar-refractivity contribution in [3.8, 4) is 17.0 Å². The minimum atomic E-state index is -3.89. The minimum absolute atomic E-state index is 0.0294. The molecule has 2 heterocycles. The van der Waals surface area contributed by atoms with Crippen molar-refractivity contribution in [3.63, 3.8) is 0 Å². The van der Waals surface area contributed by atoms with Crippen LogP contribution in [0, 0.1) is 0 Å². The summed E-state index contributed by atoms with van der Waals surface area (Å²) in [7, 11) is -3.89. The molecular formula is C24H22N6O5S. The van der Waals surface area contributed by atoms with Crippen molar-refractivity contribution in [2.75, 3.05) is 16.6 Å². The Balaban J connectivity index is 1.38. The van der Waals surface area contributed by atoms with Crippen molar-refractivity contribution in [3.05, 3.63) is 89.7 Å². The lowest BCUT2D eigenvalue weighted by molar-refractivity contribution is -0.116. The molecule has 1 amide bonds. The average molecular weight is 507 g/mol. The van der Waals surface area contributed by atoms with Gasteiger partial charge in [-0.1, -0.05) is 0 Å². The van der Waals surface area contributed by atoms with E-state index in [0.717, 1.165) is 11.3 Å². The number of ether oxygens (including phenoxy) is 1. The highest BCUT2D eigenvalue weighted by atomic mass is 32.2. The van der Waals surface area contributed by atoms with E-state index in [9.17, 15) is 18.0 Å². The van der Waals surface area contributed by atoms with Crippen molar-refractivity contribution in [1.29, 1.82) is 0 Å². The molecule has 11 nitrogen and oxygen atoms in total. The number of hydrogen-bond donors (Lipinski definition) is 2. The van der Waals surface area contributed by atoms with Crippen molar-refractivity contribution in [2.45, 2.75) is 18.4 Å². The SMILES string of the molecule is CCOc1ccc(-c2cc(=O)n(CC(=O)Nc3ccc(S(=O)(=O)Nc4ncccn4)cc3)cn2)cc1. The predicted molar refractivity (Wildman–Crippen MR) is 133 cm³/mol. The third kappa shape index (κ3) is 6.10. The third-order valence-electron chi connectivity index (χ3n) is 4.89. The first-order chi connectivity index (χ1) is 17.3. The zero-order valence-electron chi connectivity index (χ0n) is 19.2. The van der Waals surface area contributed by atoms with Crippen LogP contribution in [0.5, 0.6) is 5.75 Å². The van der Waals surface area contributed by atoms with E-state index >= 15 is 0 Å². The summed E-state index contributed by atoms with van der Waals surface area (Å²) in [6.45, 7) is 2.19. The fourth-order valence-electron chi connectivity index (χ4n) is 3.19. The smallest absolute Gasteiger partial charge is 0.264 e. The van der Waals surface area contributed by atoms with E-state index in [0.29, 0.717) is 18.0 Å². The largest absolute Gasteiger partial charge is 0.494 e. The van der Waals surface area contributed by atoms with Crippen LogP contribution in [-0.4, -0.2) is 40.5 Å². The molecule has 0 aliphatic rings. The van der Waals surface area contributed by atoms with Gasteiger partial charge in [0.1, 0.15) is 12.3 Å². The van der Waals surface area contributed by atoms with Gasteiger partial charge in [0.25, 0.3) is 15.6 Å². The number of benzene rings is 2. The van der Waals surface area contributed by atoms with E-state index in [4.69, 9.17) is 4.74 Å². The Labute approximate surface area is 206 Å². The number of carbonyl (C=O) groups excluding carboxylic acids is 1. The number of sulfonamides is 1. The molecule has 0 aliphatic heterocycles. The number of nitrogens with zero attached hydrogens (tertiary/aromatic N) is 4. The fraction of sp³-hybridized carbons (Fsp3) is 0.125. The standard InChI is InChI=1S/C24H22N6O5S/c1-2-35-19-8-4-17(5-9-19)21-14-23(32)30(16-27-21)15-22(31)28-18-6-10-20(11-7-18)36(33,34)29-24-25-12-3-13-26-24/h3-14,16H,2,15H2,1H3,(H,28,31)(H,25,26,29). The lowest BCUT2D eigenvalue weighted by Gasteiger charge is -2.10. The summed E-state index contributed by atoms with van der Waals surface area (Å²) in [5.41, 5.74) is 1.20. The molecule has 0 fully saturated rings. The molecule has 0 aliphatic carbocycles. The van der Waals surface area contributed by atoms with E-state index in [2.05, 4.69) is 25.0 Å². The van der Waals surface area contributed by atoms with Crippen LogP contribution in [0.2, 0.25) is 0 Å². The van der Waals surface area contributed by atoms with Gasteiger partial charge in [0.05, 0.1) is 23.5 Å². The molecule has 12 heteroatoms. The van der Waals surface area contributed by atoms with Gasteiger partial charge >= 0.3 is 0 Å². The van der Waals surface area contributed by atoms with Gasteiger partial charge in [-0.2, -0.15) is 0 Å². The van der Waals surface area contributed by atoms with Crippen LogP contribution in [-0.2, 0) is 21.4 Å². The third-order valence-corrected chi connectivity index (χ3v) is 6.24. The van der Waals surface area contributed by atoms with Crippen LogP contribution in [0.25, 0.3) is 11.3 Å². The second kappa shape index (κ2) is 10.8. The van der Waals surface area contributed by atoms with E-state index in [1.54, 1.807) is 30.3 Å². The number of rotatable bonds is 9. The molecule has 2 N–H and O–H groups in total. The maximum Gasteiger partial charge on any atom is 0.264 e. The van der Waals surface area contributed by atoms with Gasteiger partial charge in [0.2, 0.25) is 11.9 Å². The van der Waals surface area contributed by atoms with Gasteiger partial charge in [-0.15, -0.1) is 0 Å². The van der Waals surface area contributed by atoms with E-state index in [-0.39, 0.29) is 22.9 Å². The monoisotopic (exact) mass is 506 g/mol. The Morgan fingerprint density at radius 1 is 1.00 bits per heavy atom. The first-order valence-corrected chi connectivity index (χ1v) is 12.3. The summed E-state index contributed by atoms with van der Waals surface area (Å²) < 4.78 is 33.8. The van der Waals surface area contributed by atoms with E-state index in [1.807, 2.05) is 6.92 Å². The highest BCUT2D eigenvalue weighted by Gasteiger charge is 2.16. The van der Waals surface area contributed by atoms with Gasteiger partial charge in [0, 0.05) is 29.7 Å². The molecule has 184 valence electrons.